The molecule has 0 spiro atoms. The molecule has 1 fully saturated rings. The van der Waals surface area contributed by atoms with Crippen LogP contribution in [0.15, 0.2) is 59.5 Å². The van der Waals surface area contributed by atoms with Gasteiger partial charge in [-0.2, -0.15) is 5.10 Å². The van der Waals surface area contributed by atoms with Gasteiger partial charge in [-0.05, 0) is 36.6 Å². The van der Waals surface area contributed by atoms with Crippen LogP contribution < -0.4 is 5.43 Å². The molecular formula is C23H19F2N3O3. The molecule has 0 radical (unpaired) electrons. The zero-order chi connectivity index (χ0) is 21.7. The van der Waals surface area contributed by atoms with Crippen molar-refractivity contribution in [3.8, 4) is 5.75 Å². The normalized spacial score (nSPS) is 21.0. The Hall–Kier alpha value is -3.55. The molecule has 2 aliphatic heterocycles. The molecule has 31 heavy (non-hydrogen) atoms. The molecule has 3 aromatic rings. The molecule has 5 rings (SSSR count). The highest BCUT2D eigenvalue weighted by Gasteiger charge is 2.48. The SMILES string of the molecule is O=C1c2c(O)c(=O)cnn2[C@@H](C(c2ccccc2)c2cc(F)ccc2F)[C@H]2CCCN12. The van der Waals surface area contributed by atoms with Gasteiger partial charge in [0.05, 0.1) is 18.3 Å². The summed E-state index contributed by atoms with van der Waals surface area (Å²) < 4.78 is 30.5. The lowest BCUT2D eigenvalue weighted by Gasteiger charge is -2.42. The van der Waals surface area contributed by atoms with Gasteiger partial charge in [0.25, 0.3) is 5.91 Å². The minimum absolute atomic E-state index is 0.128. The molecule has 2 aliphatic rings. The van der Waals surface area contributed by atoms with Crippen molar-refractivity contribution >= 4 is 5.91 Å². The molecule has 158 valence electrons. The Morgan fingerprint density at radius 2 is 1.87 bits per heavy atom. The maximum absolute atomic E-state index is 15.0. The Balaban J connectivity index is 1.81. The van der Waals surface area contributed by atoms with Crippen LogP contribution >= 0.6 is 0 Å². The van der Waals surface area contributed by atoms with E-state index in [2.05, 4.69) is 5.10 Å². The standard InChI is InChI=1S/C23H19F2N3O3/c24-14-8-9-16(25)15(11-14)19(13-5-2-1-3-6-13)20-17-7-4-10-27(17)23(31)21-22(30)18(29)12-26-28(20)21/h1-3,5-6,8-9,11-12,17,19-20,30H,4,7,10H2/t17-,19?,20-/m1/s1. The third kappa shape index (κ3) is 3.01. The molecule has 3 atom stereocenters. The van der Waals surface area contributed by atoms with Crippen molar-refractivity contribution < 1.29 is 18.7 Å². The Morgan fingerprint density at radius 1 is 1.10 bits per heavy atom. The van der Waals surface area contributed by atoms with E-state index in [1.807, 2.05) is 18.2 Å². The van der Waals surface area contributed by atoms with Crippen LogP contribution in [0.25, 0.3) is 0 Å². The Labute approximate surface area is 176 Å². The number of benzene rings is 2. The van der Waals surface area contributed by atoms with Gasteiger partial charge in [0.15, 0.2) is 11.4 Å². The average Bonchev–Trinajstić information content (AvgIpc) is 3.26. The number of aromatic nitrogens is 2. The molecule has 1 saturated heterocycles. The van der Waals surface area contributed by atoms with E-state index in [0.717, 1.165) is 30.8 Å². The van der Waals surface area contributed by atoms with Crippen LogP contribution in [-0.4, -0.2) is 38.3 Å². The number of fused-ring (bicyclic) bond motifs is 2. The maximum Gasteiger partial charge on any atom is 0.276 e. The first-order valence-electron chi connectivity index (χ1n) is 10.1. The molecule has 8 heteroatoms. The van der Waals surface area contributed by atoms with E-state index in [1.54, 1.807) is 17.0 Å². The van der Waals surface area contributed by atoms with Gasteiger partial charge in [-0.3, -0.25) is 14.3 Å². The summed E-state index contributed by atoms with van der Waals surface area (Å²) in [5, 5.41) is 14.6. The summed E-state index contributed by atoms with van der Waals surface area (Å²) in [7, 11) is 0. The monoisotopic (exact) mass is 423 g/mol. The smallest absolute Gasteiger partial charge is 0.276 e. The molecule has 3 heterocycles. The molecule has 0 aliphatic carbocycles. The number of amides is 1. The summed E-state index contributed by atoms with van der Waals surface area (Å²) in [6.07, 6.45) is 2.32. The van der Waals surface area contributed by atoms with Crippen molar-refractivity contribution in [3.05, 3.63) is 93.4 Å². The second-order valence-electron chi connectivity index (χ2n) is 7.90. The van der Waals surface area contributed by atoms with Crippen molar-refractivity contribution in [3.63, 3.8) is 0 Å². The molecule has 1 N–H and O–H groups in total. The number of rotatable bonds is 3. The first-order valence-corrected chi connectivity index (χ1v) is 10.1. The fraction of sp³-hybridized carbons (Fsp3) is 0.261. The molecule has 0 bridgehead atoms. The summed E-state index contributed by atoms with van der Waals surface area (Å²) in [6, 6.07) is 11.4. The topological polar surface area (TPSA) is 75.4 Å². The van der Waals surface area contributed by atoms with E-state index in [-0.39, 0.29) is 17.3 Å². The van der Waals surface area contributed by atoms with E-state index >= 15 is 4.39 Å². The van der Waals surface area contributed by atoms with Gasteiger partial charge in [-0.15, -0.1) is 0 Å². The minimum Gasteiger partial charge on any atom is -0.502 e. The van der Waals surface area contributed by atoms with Crippen molar-refractivity contribution in [2.24, 2.45) is 0 Å². The van der Waals surface area contributed by atoms with Crippen LogP contribution in [0.4, 0.5) is 8.78 Å². The summed E-state index contributed by atoms with van der Waals surface area (Å²) in [6.45, 7) is 0.454. The molecular weight excluding hydrogens is 404 g/mol. The third-order valence-electron chi connectivity index (χ3n) is 6.22. The summed E-state index contributed by atoms with van der Waals surface area (Å²) >= 11 is 0. The van der Waals surface area contributed by atoms with Crippen molar-refractivity contribution in [2.75, 3.05) is 6.54 Å². The molecule has 2 aromatic carbocycles. The number of halogens is 2. The molecule has 1 aromatic heterocycles. The van der Waals surface area contributed by atoms with E-state index in [0.29, 0.717) is 18.5 Å². The van der Waals surface area contributed by atoms with Gasteiger partial charge in [0.1, 0.15) is 11.6 Å². The van der Waals surface area contributed by atoms with Gasteiger partial charge in [-0.1, -0.05) is 30.3 Å². The zero-order valence-corrected chi connectivity index (χ0v) is 16.4. The second-order valence-corrected chi connectivity index (χ2v) is 7.90. The predicted molar refractivity (Wildman–Crippen MR) is 108 cm³/mol. The summed E-state index contributed by atoms with van der Waals surface area (Å²) in [5.41, 5.74) is -0.134. The third-order valence-corrected chi connectivity index (χ3v) is 6.22. The highest BCUT2D eigenvalue weighted by atomic mass is 19.1. The second kappa shape index (κ2) is 7.30. The lowest BCUT2D eigenvalue weighted by molar-refractivity contribution is 0.0564. The van der Waals surface area contributed by atoms with Crippen LogP contribution in [0, 0.1) is 11.6 Å². The van der Waals surface area contributed by atoms with Crippen LogP contribution in [0.5, 0.6) is 5.75 Å². The van der Waals surface area contributed by atoms with Crippen molar-refractivity contribution in [1.82, 2.24) is 14.7 Å². The Bertz CT molecular complexity index is 1230. The number of nitrogens with zero attached hydrogens (tertiary/aromatic N) is 3. The van der Waals surface area contributed by atoms with Crippen molar-refractivity contribution in [1.29, 1.82) is 0 Å². The van der Waals surface area contributed by atoms with Crippen LogP contribution in [0.1, 0.15) is 46.4 Å². The van der Waals surface area contributed by atoms with E-state index in [1.165, 1.54) is 4.68 Å². The first kappa shape index (κ1) is 19.4. The van der Waals surface area contributed by atoms with Gasteiger partial charge in [-0.25, -0.2) is 8.78 Å². The highest BCUT2D eigenvalue weighted by molar-refractivity contribution is 5.96. The van der Waals surface area contributed by atoms with E-state index in [4.69, 9.17) is 0 Å². The lowest BCUT2D eigenvalue weighted by Crippen LogP contribution is -2.51. The highest BCUT2D eigenvalue weighted by Crippen LogP contribution is 2.46. The summed E-state index contributed by atoms with van der Waals surface area (Å²) in [4.78, 5) is 26.7. The maximum atomic E-state index is 15.0. The average molecular weight is 423 g/mol. The van der Waals surface area contributed by atoms with Gasteiger partial charge < -0.3 is 10.0 Å². The van der Waals surface area contributed by atoms with Gasteiger partial charge in [0.2, 0.25) is 5.43 Å². The predicted octanol–water partition coefficient (Wildman–Crippen LogP) is 3.22. The van der Waals surface area contributed by atoms with Crippen LogP contribution in [-0.2, 0) is 0 Å². The van der Waals surface area contributed by atoms with Crippen molar-refractivity contribution in [2.45, 2.75) is 30.8 Å². The fourth-order valence-corrected chi connectivity index (χ4v) is 4.92. The largest absolute Gasteiger partial charge is 0.502 e. The van der Waals surface area contributed by atoms with Gasteiger partial charge >= 0.3 is 0 Å². The molecule has 1 unspecified atom stereocenters. The quantitative estimate of drug-likeness (QED) is 0.702. The Morgan fingerprint density at radius 3 is 2.65 bits per heavy atom. The number of hydrogen-bond donors (Lipinski definition) is 1. The number of aromatic hydroxyl groups is 1. The van der Waals surface area contributed by atoms with Crippen LogP contribution in [0.3, 0.4) is 0 Å². The summed E-state index contributed by atoms with van der Waals surface area (Å²) in [5.74, 6) is -3.02. The lowest BCUT2D eigenvalue weighted by atomic mass is 9.79. The van der Waals surface area contributed by atoms with Crippen LogP contribution in [0.2, 0.25) is 0 Å². The fourth-order valence-electron chi connectivity index (χ4n) is 4.92. The minimum atomic E-state index is -0.760. The number of hydrogen-bond acceptors (Lipinski definition) is 4. The molecule has 0 saturated carbocycles. The first-order chi connectivity index (χ1) is 15.0. The van der Waals surface area contributed by atoms with E-state index in [9.17, 15) is 19.1 Å². The number of carbonyl (C=O) groups excluding carboxylic acids is 1. The van der Waals surface area contributed by atoms with E-state index < -0.39 is 40.7 Å². The molecule has 6 nitrogen and oxygen atoms in total. The Kier molecular flexibility index (Phi) is 4.57. The molecule has 1 amide bonds. The van der Waals surface area contributed by atoms with Gasteiger partial charge in [0, 0.05) is 18.0 Å². The number of carbonyl (C=O) groups is 1. The zero-order valence-electron chi connectivity index (χ0n) is 16.4.